The van der Waals surface area contributed by atoms with Crippen molar-refractivity contribution in [1.82, 2.24) is 10.2 Å². The Hall–Kier alpha value is -0.710. The Morgan fingerprint density at radius 3 is 2.75 bits per heavy atom. The molecule has 0 radical (unpaired) electrons. The first-order chi connectivity index (χ1) is 9.58. The molecule has 0 bridgehead atoms. The zero-order valence-corrected chi connectivity index (χ0v) is 13.5. The maximum absolute atomic E-state index is 12.7. The average molecular weight is 298 g/mol. The normalized spacial score (nSPS) is 32.4. The number of piperazine rings is 1. The molecule has 0 aromatic heterocycles. The Labute approximate surface area is 126 Å². The predicted molar refractivity (Wildman–Crippen MR) is 82.7 cm³/mol. The van der Waals surface area contributed by atoms with Crippen molar-refractivity contribution in [2.45, 2.75) is 63.8 Å². The van der Waals surface area contributed by atoms with Crippen molar-refractivity contribution in [2.75, 3.05) is 12.3 Å². The number of amides is 2. The van der Waals surface area contributed by atoms with Crippen LogP contribution in [-0.2, 0) is 9.59 Å². The smallest absolute Gasteiger partial charge is 0.246 e. The van der Waals surface area contributed by atoms with Crippen molar-refractivity contribution in [1.29, 1.82) is 0 Å². The minimum Gasteiger partial charge on any atom is -0.342 e. The molecule has 0 spiro atoms. The molecular formula is C15H26N2O2S. The quantitative estimate of drug-likeness (QED) is 0.845. The van der Waals surface area contributed by atoms with Crippen LogP contribution in [0.2, 0.25) is 0 Å². The van der Waals surface area contributed by atoms with Crippen molar-refractivity contribution >= 4 is 23.6 Å². The van der Waals surface area contributed by atoms with Gasteiger partial charge in [0.1, 0.15) is 6.04 Å². The van der Waals surface area contributed by atoms with E-state index >= 15 is 0 Å². The molecule has 1 aliphatic heterocycles. The van der Waals surface area contributed by atoms with E-state index in [9.17, 15) is 9.59 Å². The molecule has 1 heterocycles. The van der Waals surface area contributed by atoms with Crippen LogP contribution in [0.3, 0.4) is 0 Å². The Balaban J connectivity index is 2.13. The zero-order chi connectivity index (χ0) is 14.7. The first kappa shape index (κ1) is 15.7. The van der Waals surface area contributed by atoms with Crippen LogP contribution in [0.5, 0.6) is 0 Å². The van der Waals surface area contributed by atoms with Gasteiger partial charge in [0, 0.05) is 11.3 Å². The molecule has 2 aliphatic rings. The van der Waals surface area contributed by atoms with Gasteiger partial charge in [-0.25, -0.2) is 0 Å². The second-order valence-corrected chi connectivity index (χ2v) is 7.41. The summed E-state index contributed by atoms with van der Waals surface area (Å²) >= 11 is 1.93. The van der Waals surface area contributed by atoms with E-state index in [4.69, 9.17) is 0 Å². The van der Waals surface area contributed by atoms with Crippen LogP contribution in [0.25, 0.3) is 0 Å². The van der Waals surface area contributed by atoms with Crippen LogP contribution in [0.4, 0.5) is 0 Å². The third-order valence-corrected chi connectivity index (χ3v) is 5.90. The summed E-state index contributed by atoms with van der Waals surface area (Å²) in [7, 11) is 0. The molecule has 4 nitrogen and oxygen atoms in total. The van der Waals surface area contributed by atoms with Gasteiger partial charge in [0.15, 0.2) is 0 Å². The van der Waals surface area contributed by atoms with Crippen LogP contribution in [0.1, 0.15) is 46.5 Å². The highest BCUT2D eigenvalue weighted by molar-refractivity contribution is 7.99. The SMILES string of the molecule is CCSC1CCCC1N1CC(=O)NC(C(C)CC)C1=O. The number of nitrogens with one attached hydrogen (secondary N) is 1. The summed E-state index contributed by atoms with van der Waals surface area (Å²) in [4.78, 5) is 26.5. The van der Waals surface area contributed by atoms with Gasteiger partial charge in [0.05, 0.1) is 6.54 Å². The summed E-state index contributed by atoms with van der Waals surface area (Å²) in [5.74, 6) is 1.41. The molecule has 1 N–H and O–H groups in total. The largest absolute Gasteiger partial charge is 0.342 e. The summed E-state index contributed by atoms with van der Waals surface area (Å²) in [6.45, 7) is 6.51. The third-order valence-electron chi connectivity index (χ3n) is 4.59. The van der Waals surface area contributed by atoms with Gasteiger partial charge in [-0.05, 0) is 24.5 Å². The first-order valence-electron chi connectivity index (χ1n) is 7.79. The molecule has 2 rings (SSSR count). The van der Waals surface area contributed by atoms with E-state index in [1.807, 2.05) is 23.6 Å². The van der Waals surface area contributed by atoms with Gasteiger partial charge < -0.3 is 10.2 Å². The van der Waals surface area contributed by atoms with Crippen molar-refractivity contribution in [2.24, 2.45) is 5.92 Å². The monoisotopic (exact) mass is 298 g/mol. The van der Waals surface area contributed by atoms with Crippen LogP contribution < -0.4 is 5.32 Å². The van der Waals surface area contributed by atoms with Gasteiger partial charge in [-0.2, -0.15) is 11.8 Å². The lowest BCUT2D eigenvalue weighted by Gasteiger charge is -2.40. The highest BCUT2D eigenvalue weighted by atomic mass is 32.2. The number of carbonyl (C=O) groups is 2. The predicted octanol–water partition coefficient (Wildman–Crippen LogP) is 2.03. The average Bonchev–Trinajstić information content (AvgIpc) is 2.88. The van der Waals surface area contributed by atoms with E-state index in [0.29, 0.717) is 5.25 Å². The Morgan fingerprint density at radius 1 is 1.35 bits per heavy atom. The maximum atomic E-state index is 12.7. The topological polar surface area (TPSA) is 49.4 Å². The van der Waals surface area contributed by atoms with Crippen molar-refractivity contribution < 1.29 is 9.59 Å². The molecule has 1 aliphatic carbocycles. The fraction of sp³-hybridized carbons (Fsp3) is 0.867. The summed E-state index contributed by atoms with van der Waals surface area (Å²) < 4.78 is 0. The van der Waals surface area contributed by atoms with E-state index in [0.717, 1.165) is 18.6 Å². The molecule has 114 valence electrons. The van der Waals surface area contributed by atoms with Crippen molar-refractivity contribution in [3.8, 4) is 0 Å². The first-order valence-corrected chi connectivity index (χ1v) is 8.84. The number of hydrogen-bond donors (Lipinski definition) is 1. The van der Waals surface area contributed by atoms with Crippen LogP contribution in [0.15, 0.2) is 0 Å². The van der Waals surface area contributed by atoms with E-state index in [2.05, 4.69) is 19.2 Å². The lowest BCUT2D eigenvalue weighted by atomic mass is 9.95. The van der Waals surface area contributed by atoms with Gasteiger partial charge in [0.2, 0.25) is 11.8 Å². The molecule has 1 saturated carbocycles. The highest BCUT2D eigenvalue weighted by Gasteiger charge is 2.42. The molecule has 2 fully saturated rings. The highest BCUT2D eigenvalue weighted by Crippen LogP contribution is 2.34. The molecule has 2 amide bonds. The number of nitrogens with zero attached hydrogens (tertiary/aromatic N) is 1. The van der Waals surface area contributed by atoms with Gasteiger partial charge in [-0.15, -0.1) is 0 Å². The van der Waals surface area contributed by atoms with Crippen LogP contribution in [0, 0.1) is 5.92 Å². The van der Waals surface area contributed by atoms with Gasteiger partial charge in [0.25, 0.3) is 0 Å². The molecule has 4 unspecified atom stereocenters. The molecule has 0 aromatic carbocycles. The van der Waals surface area contributed by atoms with E-state index in [-0.39, 0.29) is 36.4 Å². The van der Waals surface area contributed by atoms with Gasteiger partial charge in [-0.3, -0.25) is 9.59 Å². The van der Waals surface area contributed by atoms with Crippen molar-refractivity contribution in [3.05, 3.63) is 0 Å². The number of rotatable bonds is 5. The fourth-order valence-corrected chi connectivity index (χ4v) is 4.53. The number of carbonyl (C=O) groups excluding carboxylic acids is 2. The Bertz CT molecular complexity index is 375. The Morgan fingerprint density at radius 2 is 2.10 bits per heavy atom. The lowest BCUT2D eigenvalue weighted by Crippen LogP contribution is -2.63. The summed E-state index contributed by atoms with van der Waals surface area (Å²) in [6, 6.07) is -0.0702. The van der Waals surface area contributed by atoms with E-state index in [1.54, 1.807) is 0 Å². The summed E-state index contributed by atoms with van der Waals surface area (Å²) in [6.07, 6.45) is 4.29. The maximum Gasteiger partial charge on any atom is 0.246 e. The van der Waals surface area contributed by atoms with E-state index in [1.165, 1.54) is 12.8 Å². The summed E-state index contributed by atoms with van der Waals surface area (Å²) in [5, 5.41) is 3.39. The van der Waals surface area contributed by atoms with Gasteiger partial charge in [-0.1, -0.05) is 33.6 Å². The lowest BCUT2D eigenvalue weighted by molar-refractivity contribution is -0.147. The molecule has 0 aromatic rings. The standard InChI is InChI=1S/C15H26N2O2S/c1-4-10(3)14-15(19)17(9-13(18)16-14)11-7-6-8-12(11)20-5-2/h10-12,14H,4-9H2,1-3H3,(H,16,18). The van der Waals surface area contributed by atoms with Crippen molar-refractivity contribution in [3.63, 3.8) is 0 Å². The minimum atomic E-state index is -0.325. The third kappa shape index (κ3) is 3.13. The van der Waals surface area contributed by atoms with Crippen LogP contribution >= 0.6 is 11.8 Å². The fourth-order valence-electron chi connectivity index (χ4n) is 3.27. The van der Waals surface area contributed by atoms with Crippen LogP contribution in [-0.4, -0.2) is 46.3 Å². The number of hydrogen-bond acceptors (Lipinski definition) is 3. The zero-order valence-electron chi connectivity index (χ0n) is 12.7. The van der Waals surface area contributed by atoms with Gasteiger partial charge >= 0.3 is 0 Å². The molecule has 1 saturated heterocycles. The van der Waals surface area contributed by atoms with E-state index < -0.39 is 0 Å². The molecular weight excluding hydrogens is 272 g/mol. The second kappa shape index (κ2) is 6.83. The molecule has 4 atom stereocenters. The number of thioether (sulfide) groups is 1. The minimum absolute atomic E-state index is 0.00190. The Kier molecular flexibility index (Phi) is 5.35. The molecule has 5 heteroatoms. The molecule has 20 heavy (non-hydrogen) atoms. The second-order valence-electron chi connectivity index (χ2n) is 5.89. The summed E-state index contributed by atoms with van der Waals surface area (Å²) in [5.41, 5.74) is 0.